The minimum Gasteiger partial charge on any atom is -0.433 e. The number of hydrogen-bond acceptors (Lipinski definition) is 4. The van der Waals surface area contributed by atoms with Crippen LogP contribution in [0.4, 0.5) is 4.79 Å². The zero-order valence-corrected chi connectivity index (χ0v) is 10.8. The lowest BCUT2D eigenvalue weighted by atomic mass is 10.2. The zero-order valence-electron chi connectivity index (χ0n) is 10.0. The Morgan fingerprint density at radius 1 is 1.39 bits per heavy atom. The molecule has 0 fully saturated rings. The predicted molar refractivity (Wildman–Crippen MR) is 66.3 cm³/mol. The quantitative estimate of drug-likeness (QED) is 0.841. The monoisotopic (exact) mass is 267 g/mol. The van der Waals surface area contributed by atoms with E-state index in [4.69, 9.17) is 6.42 Å². The number of carbonyl (C=O) groups is 1. The molecule has 0 spiro atoms. The molecule has 1 amide bonds. The highest BCUT2D eigenvalue weighted by Gasteiger charge is 2.19. The van der Waals surface area contributed by atoms with Crippen LogP contribution in [0.5, 0.6) is 0 Å². The van der Waals surface area contributed by atoms with Gasteiger partial charge in [0.05, 0.1) is 4.90 Å². The van der Waals surface area contributed by atoms with Crippen LogP contribution in [-0.2, 0) is 14.8 Å². The van der Waals surface area contributed by atoms with Crippen molar-refractivity contribution >= 4 is 16.1 Å². The normalized spacial score (nSPS) is 12.3. The van der Waals surface area contributed by atoms with Crippen LogP contribution in [-0.4, -0.2) is 20.6 Å². The highest BCUT2D eigenvalue weighted by atomic mass is 32.2. The zero-order chi connectivity index (χ0) is 13.8. The summed E-state index contributed by atoms with van der Waals surface area (Å²) >= 11 is 0. The van der Waals surface area contributed by atoms with E-state index >= 15 is 0 Å². The summed E-state index contributed by atoms with van der Waals surface area (Å²) in [4.78, 5) is 11.2. The van der Waals surface area contributed by atoms with E-state index in [0.29, 0.717) is 0 Å². The van der Waals surface area contributed by atoms with Gasteiger partial charge >= 0.3 is 6.09 Å². The van der Waals surface area contributed by atoms with Crippen LogP contribution in [0, 0.1) is 19.3 Å². The molecule has 0 aliphatic heterocycles. The maximum Gasteiger partial charge on any atom is 0.422 e. The number of rotatable bonds is 3. The third-order valence-electron chi connectivity index (χ3n) is 2.07. The number of hydrogen-bond donors (Lipinski definition) is 1. The molecular weight excluding hydrogens is 254 g/mol. The number of aryl methyl sites for hydroxylation is 1. The summed E-state index contributed by atoms with van der Waals surface area (Å²) in [5, 5.41) is 0. The number of nitrogens with one attached hydrogen (secondary N) is 1. The highest BCUT2D eigenvalue weighted by molar-refractivity contribution is 7.90. The Kier molecular flexibility index (Phi) is 4.34. The molecule has 0 radical (unpaired) electrons. The van der Waals surface area contributed by atoms with Crippen LogP contribution in [0.3, 0.4) is 0 Å². The molecule has 1 aromatic carbocycles. The van der Waals surface area contributed by atoms with Crippen molar-refractivity contribution in [1.29, 1.82) is 0 Å². The van der Waals surface area contributed by atoms with Gasteiger partial charge in [-0.1, -0.05) is 23.6 Å². The van der Waals surface area contributed by atoms with Crippen molar-refractivity contribution in [3.8, 4) is 12.3 Å². The number of carbonyl (C=O) groups excluding carboxylic acids is 1. The fraction of sp³-hybridized carbons (Fsp3) is 0.250. The molecule has 1 N–H and O–H groups in total. The maximum atomic E-state index is 11.8. The lowest BCUT2D eigenvalue weighted by Gasteiger charge is -2.09. The second-order valence-electron chi connectivity index (χ2n) is 3.63. The summed E-state index contributed by atoms with van der Waals surface area (Å²) in [5.74, 6) is 2.15. The molecule has 0 saturated carbocycles. The Morgan fingerprint density at radius 3 is 2.44 bits per heavy atom. The summed E-state index contributed by atoms with van der Waals surface area (Å²) in [5.41, 5.74) is 0.914. The molecule has 0 aliphatic rings. The minimum atomic E-state index is -3.92. The fourth-order valence-corrected chi connectivity index (χ4v) is 1.98. The van der Waals surface area contributed by atoms with Gasteiger partial charge in [-0.25, -0.2) is 17.9 Å². The van der Waals surface area contributed by atoms with E-state index < -0.39 is 22.2 Å². The number of ether oxygens (including phenoxy) is 1. The van der Waals surface area contributed by atoms with E-state index in [0.717, 1.165) is 5.56 Å². The van der Waals surface area contributed by atoms with Gasteiger partial charge in [-0.2, -0.15) is 0 Å². The van der Waals surface area contributed by atoms with Crippen molar-refractivity contribution in [2.24, 2.45) is 0 Å². The summed E-state index contributed by atoms with van der Waals surface area (Å²) in [6.45, 7) is 3.28. The van der Waals surface area contributed by atoms with Gasteiger partial charge in [0.25, 0.3) is 10.0 Å². The second kappa shape index (κ2) is 5.56. The molecule has 0 bridgehead atoms. The van der Waals surface area contributed by atoms with Gasteiger partial charge in [-0.3, -0.25) is 0 Å². The molecule has 1 atom stereocenters. The van der Waals surface area contributed by atoms with E-state index in [1.807, 2.05) is 6.92 Å². The van der Waals surface area contributed by atoms with Crippen LogP contribution in [0.25, 0.3) is 0 Å². The second-order valence-corrected chi connectivity index (χ2v) is 5.32. The minimum absolute atomic E-state index is 0.0154. The van der Waals surface area contributed by atoms with Gasteiger partial charge in [0.15, 0.2) is 6.10 Å². The molecule has 18 heavy (non-hydrogen) atoms. The molecule has 1 rings (SSSR count). The average molecular weight is 267 g/mol. The van der Waals surface area contributed by atoms with Crippen molar-refractivity contribution in [2.75, 3.05) is 0 Å². The number of terminal acetylenes is 1. The Hall–Kier alpha value is -2.00. The van der Waals surface area contributed by atoms with E-state index in [1.165, 1.54) is 19.1 Å². The van der Waals surface area contributed by atoms with Crippen molar-refractivity contribution in [3.05, 3.63) is 29.8 Å². The Bertz CT molecular complexity index is 569. The van der Waals surface area contributed by atoms with Gasteiger partial charge in [0.2, 0.25) is 0 Å². The summed E-state index contributed by atoms with van der Waals surface area (Å²) in [6.07, 6.45) is 3.12. The summed E-state index contributed by atoms with van der Waals surface area (Å²) in [7, 11) is -3.92. The topological polar surface area (TPSA) is 72.5 Å². The Labute approximate surface area is 106 Å². The van der Waals surface area contributed by atoms with E-state index in [9.17, 15) is 13.2 Å². The SMILES string of the molecule is C#CC(C)OC(=O)NS(=O)(=O)c1ccc(C)cc1. The summed E-state index contributed by atoms with van der Waals surface area (Å²) in [6, 6.07) is 6.05. The largest absolute Gasteiger partial charge is 0.433 e. The van der Waals surface area contributed by atoms with Crippen molar-refractivity contribution in [1.82, 2.24) is 4.72 Å². The Balaban J connectivity index is 2.80. The van der Waals surface area contributed by atoms with Crippen LogP contribution in [0.2, 0.25) is 0 Å². The standard InChI is InChI=1S/C12H13NO4S/c1-4-10(3)17-12(14)13-18(15,16)11-7-5-9(2)6-8-11/h1,5-8,10H,2-3H3,(H,13,14). The molecular formula is C12H13NO4S. The first-order valence-electron chi connectivity index (χ1n) is 5.11. The molecule has 0 saturated heterocycles. The van der Waals surface area contributed by atoms with E-state index in [2.05, 4.69) is 10.7 Å². The third kappa shape index (κ3) is 3.79. The smallest absolute Gasteiger partial charge is 0.422 e. The van der Waals surface area contributed by atoms with Crippen LogP contribution < -0.4 is 4.72 Å². The molecule has 96 valence electrons. The molecule has 0 aliphatic carbocycles. The number of benzene rings is 1. The lowest BCUT2D eigenvalue weighted by Crippen LogP contribution is -2.32. The van der Waals surface area contributed by atoms with Crippen LogP contribution in [0.1, 0.15) is 12.5 Å². The number of amides is 1. The van der Waals surface area contributed by atoms with Gasteiger partial charge in [0, 0.05) is 0 Å². The van der Waals surface area contributed by atoms with E-state index in [-0.39, 0.29) is 4.90 Å². The molecule has 0 aromatic heterocycles. The first-order chi connectivity index (χ1) is 8.35. The summed E-state index contributed by atoms with van der Waals surface area (Å²) < 4.78 is 29.9. The third-order valence-corrected chi connectivity index (χ3v) is 3.40. The maximum absolute atomic E-state index is 11.8. The van der Waals surface area contributed by atoms with E-state index in [1.54, 1.807) is 16.9 Å². The van der Waals surface area contributed by atoms with Gasteiger partial charge < -0.3 is 4.74 Å². The Morgan fingerprint density at radius 2 is 1.94 bits per heavy atom. The van der Waals surface area contributed by atoms with Gasteiger partial charge in [0.1, 0.15) is 0 Å². The highest BCUT2D eigenvalue weighted by Crippen LogP contribution is 2.10. The van der Waals surface area contributed by atoms with Crippen LogP contribution in [0.15, 0.2) is 29.2 Å². The first-order valence-corrected chi connectivity index (χ1v) is 6.59. The van der Waals surface area contributed by atoms with Crippen LogP contribution >= 0.6 is 0 Å². The van der Waals surface area contributed by atoms with Crippen molar-refractivity contribution in [3.63, 3.8) is 0 Å². The van der Waals surface area contributed by atoms with Gasteiger partial charge in [-0.05, 0) is 26.0 Å². The molecule has 1 unspecified atom stereocenters. The van der Waals surface area contributed by atoms with Crippen molar-refractivity contribution < 1.29 is 17.9 Å². The fourth-order valence-electron chi connectivity index (χ4n) is 1.10. The predicted octanol–water partition coefficient (Wildman–Crippen LogP) is 1.43. The van der Waals surface area contributed by atoms with Gasteiger partial charge in [-0.15, -0.1) is 6.42 Å². The molecule has 0 heterocycles. The molecule has 5 nitrogen and oxygen atoms in total. The number of sulfonamides is 1. The molecule has 1 aromatic rings. The lowest BCUT2D eigenvalue weighted by molar-refractivity contribution is 0.137. The first kappa shape index (κ1) is 14.1. The average Bonchev–Trinajstić information content (AvgIpc) is 2.28. The van der Waals surface area contributed by atoms with Crippen molar-refractivity contribution in [2.45, 2.75) is 24.8 Å². The molecule has 6 heteroatoms.